The van der Waals surface area contributed by atoms with Gasteiger partial charge in [-0.05, 0) is 19.3 Å². The number of carbonyl (C=O) groups excluding carboxylic acids is 3. The van der Waals surface area contributed by atoms with Crippen molar-refractivity contribution < 1.29 is 24.3 Å². The third-order valence-corrected chi connectivity index (χ3v) is 3.36. The van der Waals surface area contributed by atoms with Gasteiger partial charge in [-0.15, -0.1) is 0 Å². The topological polar surface area (TPSA) is 151 Å². The van der Waals surface area contributed by atoms with E-state index in [1.54, 1.807) is 0 Å². The first-order chi connectivity index (χ1) is 11.1. The van der Waals surface area contributed by atoms with Gasteiger partial charge in [0.1, 0.15) is 12.1 Å². The highest BCUT2D eigenvalue weighted by Gasteiger charge is 2.24. The summed E-state index contributed by atoms with van der Waals surface area (Å²) in [5.41, 5.74) is 5.47. The van der Waals surface area contributed by atoms with Crippen LogP contribution in [0.2, 0.25) is 0 Å². The maximum absolute atomic E-state index is 12.2. The lowest BCUT2D eigenvalue weighted by Gasteiger charge is -2.21. The summed E-state index contributed by atoms with van der Waals surface area (Å²) in [6.45, 7) is 4.86. The third-order valence-electron chi connectivity index (χ3n) is 2.99. The number of carboxylic acid groups (broad SMARTS) is 1. The molecule has 0 heterocycles. The summed E-state index contributed by atoms with van der Waals surface area (Å²) in [7, 11) is 0. The molecule has 0 aliphatic heterocycles. The Morgan fingerprint density at radius 2 is 1.62 bits per heavy atom. The third kappa shape index (κ3) is 8.73. The first kappa shape index (κ1) is 22.2. The first-order valence-corrected chi connectivity index (χ1v) is 8.18. The summed E-state index contributed by atoms with van der Waals surface area (Å²) in [4.78, 5) is 46.3. The zero-order valence-corrected chi connectivity index (χ0v) is 14.9. The fourth-order valence-electron chi connectivity index (χ4n) is 1.73. The molecule has 3 unspecified atom stereocenters. The SMILES string of the molecule is CC(C)CC(NC(=O)C(C)N)C(=O)NCC(=O)NC(CS)C(=O)O. The van der Waals surface area contributed by atoms with E-state index in [0.29, 0.717) is 6.42 Å². The fraction of sp³-hybridized carbons (Fsp3) is 0.714. The molecule has 0 aromatic carbocycles. The van der Waals surface area contributed by atoms with Crippen LogP contribution in [0.4, 0.5) is 0 Å². The maximum Gasteiger partial charge on any atom is 0.327 e. The van der Waals surface area contributed by atoms with Gasteiger partial charge in [0.2, 0.25) is 17.7 Å². The normalized spacial score (nSPS) is 14.4. The number of aliphatic carboxylic acids is 1. The smallest absolute Gasteiger partial charge is 0.327 e. The molecule has 10 heteroatoms. The van der Waals surface area contributed by atoms with Crippen LogP contribution in [0.25, 0.3) is 0 Å². The number of carboxylic acids is 1. The van der Waals surface area contributed by atoms with Crippen LogP contribution in [0.1, 0.15) is 27.2 Å². The van der Waals surface area contributed by atoms with Crippen LogP contribution in [-0.2, 0) is 19.2 Å². The summed E-state index contributed by atoms with van der Waals surface area (Å²) < 4.78 is 0. The standard InChI is InChI=1S/C14H26N4O5S/c1-7(2)4-9(18-12(20)8(3)15)13(21)16-5-11(19)17-10(6-24)14(22)23/h7-10,24H,4-6,15H2,1-3H3,(H,16,21)(H,17,19)(H,18,20)(H,22,23). The summed E-state index contributed by atoms with van der Waals surface area (Å²) in [5, 5.41) is 16.0. The number of hydrogen-bond acceptors (Lipinski definition) is 6. The molecule has 0 aliphatic carbocycles. The predicted molar refractivity (Wildman–Crippen MR) is 91.5 cm³/mol. The Balaban J connectivity index is 4.62. The maximum atomic E-state index is 12.2. The molecule has 0 radical (unpaired) electrons. The van der Waals surface area contributed by atoms with Crippen LogP contribution in [-0.4, -0.2) is 59.2 Å². The minimum Gasteiger partial charge on any atom is -0.480 e. The van der Waals surface area contributed by atoms with E-state index in [4.69, 9.17) is 10.8 Å². The molecule has 0 fully saturated rings. The molecule has 138 valence electrons. The van der Waals surface area contributed by atoms with Crippen molar-refractivity contribution in [3.05, 3.63) is 0 Å². The Labute approximate surface area is 146 Å². The second-order valence-corrected chi connectivity index (χ2v) is 6.20. The highest BCUT2D eigenvalue weighted by molar-refractivity contribution is 7.80. The number of amides is 3. The van der Waals surface area contributed by atoms with Gasteiger partial charge in [-0.2, -0.15) is 12.6 Å². The molecule has 0 saturated carbocycles. The van der Waals surface area contributed by atoms with Crippen LogP contribution >= 0.6 is 12.6 Å². The van der Waals surface area contributed by atoms with Crippen molar-refractivity contribution in [2.75, 3.05) is 12.3 Å². The highest BCUT2D eigenvalue weighted by Crippen LogP contribution is 2.05. The lowest BCUT2D eigenvalue weighted by molar-refractivity contribution is -0.141. The van der Waals surface area contributed by atoms with Crippen molar-refractivity contribution in [1.82, 2.24) is 16.0 Å². The number of thiol groups is 1. The van der Waals surface area contributed by atoms with Crippen LogP contribution in [0.3, 0.4) is 0 Å². The summed E-state index contributed by atoms with van der Waals surface area (Å²) in [5.74, 6) is -2.83. The van der Waals surface area contributed by atoms with E-state index in [0.717, 1.165) is 0 Å². The average molecular weight is 362 g/mol. The first-order valence-electron chi connectivity index (χ1n) is 7.55. The number of nitrogens with one attached hydrogen (secondary N) is 3. The van der Waals surface area contributed by atoms with E-state index < -0.39 is 48.4 Å². The van der Waals surface area contributed by atoms with Gasteiger partial charge in [-0.1, -0.05) is 13.8 Å². The van der Waals surface area contributed by atoms with E-state index in [1.165, 1.54) is 6.92 Å². The molecule has 0 aromatic heterocycles. The second kappa shape index (κ2) is 10.9. The van der Waals surface area contributed by atoms with Crippen molar-refractivity contribution in [1.29, 1.82) is 0 Å². The van der Waals surface area contributed by atoms with E-state index in [-0.39, 0.29) is 11.7 Å². The zero-order valence-electron chi connectivity index (χ0n) is 14.0. The quantitative estimate of drug-likeness (QED) is 0.260. The molecule has 3 atom stereocenters. The molecule has 0 aromatic rings. The van der Waals surface area contributed by atoms with Gasteiger partial charge in [0.25, 0.3) is 0 Å². The Morgan fingerprint density at radius 1 is 1.04 bits per heavy atom. The number of rotatable bonds is 10. The van der Waals surface area contributed by atoms with Crippen LogP contribution in [0.15, 0.2) is 0 Å². The van der Waals surface area contributed by atoms with Crippen LogP contribution in [0, 0.1) is 5.92 Å². The molecule has 0 rings (SSSR count). The van der Waals surface area contributed by atoms with E-state index >= 15 is 0 Å². The zero-order chi connectivity index (χ0) is 18.9. The lowest BCUT2D eigenvalue weighted by Crippen LogP contribution is -2.53. The molecular weight excluding hydrogens is 336 g/mol. The Kier molecular flexibility index (Phi) is 10.0. The monoisotopic (exact) mass is 362 g/mol. The fourth-order valence-corrected chi connectivity index (χ4v) is 1.97. The Bertz CT molecular complexity index is 470. The van der Waals surface area contributed by atoms with Gasteiger partial charge in [0, 0.05) is 5.75 Å². The summed E-state index contributed by atoms with van der Waals surface area (Å²) in [6.07, 6.45) is 0.375. The molecule has 0 spiro atoms. The van der Waals surface area contributed by atoms with E-state index in [1.807, 2.05) is 13.8 Å². The highest BCUT2D eigenvalue weighted by atomic mass is 32.1. The molecule has 0 saturated heterocycles. The summed E-state index contributed by atoms with van der Waals surface area (Å²) >= 11 is 3.82. The van der Waals surface area contributed by atoms with Gasteiger partial charge in [0.05, 0.1) is 12.6 Å². The minimum absolute atomic E-state index is 0.0740. The van der Waals surface area contributed by atoms with Gasteiger partial charge >= 0.3 is 5.97 Å². The number of nitrogens with two attached hydrogens (primary N) is 1. The largest absolute Gasteiger partial charge is 0.480 e. The van der Waals surface area contributed by atoms with Gasteiger partial charge in [-0.25, -0.2) is 4.79 Å². The summed E-state index contributed by atoms with van der Waals surface area (Å²) in [6, 6.07) is -2.72. The van der Waals surface area contributed by atoms with E-state index in [2.05, 4.69) is 28.6 Å². The molecule has 6 N–H and O–H groups in total. The molecular formula is C14H26N4O5S. The van der Waals surface area contributed by atoms with Crippen LogP contribution < -0.4 is 21.7 Å². The number of carbonyl (C=O) groups is 4. The molecule has 3 amide bonds. The second-order valence-electron chi connectivity index (χ2n) is 5.84. The van der Waals surface area contributed by atoms with Gasteiger partial charge < -0.3 is 26.8 Å². The number of hydrogen-bond donors (Lipinski definition) is 6. The minimum atomic E-state index is -1.22. The van der Waals surface area contributed by atoms with E-state index in [9.17, 15) is 19.2 Å². The van der Waals surface area contributed by atoms with Crippen molar-refractivity contribution >= 4 is 36.3 Å². The van der Waals surface area contributed by atoms with Gasteiger partial charge in [0.15, 0.2) is 0 Å². The van der Waals surface area contributed by atoms with Crippen molar-refractivity contribution in [3.63, 3.8) is 0 Å². The molecule has 0 bridgehead atoms. The van der Waals surface area contributed by atoms with Crippen LogP contribution in [0.5, 0.6) is 0 Å². The molecule has 0 aliphatic rings. The predicted octanol–water partition coefficient (Wildman–Crippen LogP) is -1.52. The average Bonchev–Trinajstić information content (AvgIpc) is 2.48. The lowest BCUT2D eigenvalue weighted by atomic mass is 10.0. The molecule has 9 nitrogen and oxygen atoms in total. The van der Waals surface area contributed by atoms with Crippen molar-refractivity contribution in [2.24, 2.45) is 11.7 Å². The molecule has 24 heavy (non-hydrogen) atoms. The van der Waals surface area contributed by atoms with Crippen molar-refractivity contribution in [2.45, 2.75) is 45.3 Å². The Hall–Kier alpha value is -1.81. The van der Waals surface area contributed by atoms with Gasteiger partial charge in [-0.3, -0.25) is 14.4 Å². The Morgan fingerprint density at radius 3 is 2.04 bits per heavy atom. The van der Waals surface area contributed by atoms with Crippen molar-refractivity contribution in [3.8, 4) is 0 Å².